The van der Waals surface area contributed by atoms with Gasteiger partial charge >= 0.3 is 0 Å². The minimum absolute atomic E-state index is 0.0480. The molecule has 1 heterocycles. The average molecular weight is 255 g/mol. The Morgan fingerprint density at radius 2 is 1.68 bits per heavy atom. The average Bonchev–Trinajstić information content (AvgIpc) is 2.26. The Bertz CT molecular complexity index is 660. The molecule has 0 bridgehead atoms. The SMILES string of the molecule is Cc1cc(=O)cc(-c2cc(C(C)(C)C)ccc2C)[nH]1. The molecule has 0 fully saturated rings. The lowest BCUT2D eigenvalue weighted by Gasteiger charge is -2.21. The summed E-state index contributed by atoms with van der Waals surface area (Å²) in [5.41, 5.74) is 5.49. The largest absolute Gasteiger partial charge is 0.358 e. The Morgan fingerprint density at radius 1 is 1.00 bits per heavy atom. The van der Waals surface area contributed by atoms with Gasteiger partial charge in [0.15, 0.2) is 5.43 Å². The van der Waals surface area contributed by atoms with Gasteiger partial charge in [-0.25, -0.2) is 0 Å². The summed E-state index contributed by atoms with van der Waals surface area (Å²) >= 11 is 0. The monoisotopic (exact) mass is 255 g/mol. The van der Waals surface area contributed by atoms with Crippen LogP contribution in [0.25, 0.3) is 11.3 Å². The third-order valence-corrected chi connectivity index (χ3v) is 3.37. The minimum atomic E-state index is 0.0480. The van der Waals surface area contributed by atoms with E-state index in [1.807, 2.05) is 6.92 Å². The number of rotatable bonds is 1. The second-order valence-corrected chi connectivity index (χ2v) is 6.19. The summed E-state index contributed by atoms with van der Waals surface area (Å²) in [6.45, 7) is 10.6. The number of benzene rings is 1. The van der Waals surface area contributed by atoms with Crippen LogP contribution >= 0.6 is 0 Å². The lowest BCUT2D eigenvalue weighted by Crippen LogP contribution is -2.11. The molecule has 0 unspecified atom stereocenters. The second-order valence-electron chi connectivity index (χ2n) is 6.19. The summed E-state index contributed by atoms with van der Waals surface area (Å²) < 4.78 is 0. The van der Waals surface area contributed by atoms with Gasteiger partial charge in [-0.05, 0) is 36.5 Å². The fourth-order valence-electron chi connectivity index (χ4n) is 2.21. The molecule has 1 aromatic heterocycles. The molecule has 0 aliphatic heterocycles. The van der Waals surface area contributed by atoms with E-state index in [4.69, 9.17) is 0 Å². The number of aromatic amines is 1. The Kier molecular flexibility index (Phi) is 3.36. The van der Waals surface area contributed by atoms with Crippen molar-refractivity contribution in [1.82, 2.24) is 4.98 Å². The molecule has 0 aliphatic rings. The van der Waals surface area contributed by atoms with Crippen LogP contribution in [0, 0.1) is 13.8 Å². The van der Waals surface area contributed by atoms with Crippen LogP contribution in [0.2, 0.25) is 0 Å². The number of aromatic nitrogens is 1. The zero-order valence-electron chi connectivity index (χ0n) is 12.3. The molecule has 0 spiro atoms. The molecule has 0 radical (unpaired) electrons. The third-order valence-electron chi connectivity index (χ3n) is 3.37. The van der Waals surface area contributed by atoms with Crippen LogP contribution in [0.1, 0.15) is 37.6 Å². The van der Waals surface area contributed by atoms with Crippen LogP contribution in [0.4, 0.5) is 0 Å². The van der Waals surface area contributed by atoms with Gasteiger partial charge in [0.25, 0.3) is 0 Å². The van der Waals surface area contributed by atoms with E-state index >= 15 is 0 Å². The molecule has 2 nitrogen and oxygen atoms in total. The molecular weight excluding hydrogens is 234 g/mol. The molecule has 0 amide bonds. The molecule has 100 valence electrons. The number of H-pyrrole nitrogens is 1. The van der Waals surface area contributed by atoms with Gasteiger partial charge in [0.2, 0.25) is 0 Å². The quantitative estimate of drug-likeness (QED) is 0.822. The Morgan fingerprint density at radius 3 is 2.26 bits per heavy atom. The van der Waals surface area contributed by atoms with Gasteiger partial charge in [0.1, 0.15) is 0 Å². The number of nitrogens with one attached hydrogen (secondary N) is 1. The van der Waals surface area contributed by atoms with E-state index in [0.29, 0.717) is 0 Å². The van der Waals surface area contributed by atoms with Gasteiger partial charge in [-0.15, -0.1) is 0 Å². The molecule has 2 aromatic rings. The molecular formula is C17H21NO. The van der Waals surface area contributed by atoms with E-state index in [-0.39, 0.29) is 10.8 Å². The van der Waals surface area contributed by atoms with E-state index < -0.39 is 0 Å². The third kappa shape index (κ3) is 2.95. The molecule has 2 rings (SSSR count). The van der Waals surface area contributed by atoms with E-state index in [2.05, 4.69) is 50.9 Å². The fourth-order valence-corrected chi connectivity index (χ4v) is 2.21. The highest BCUT2D eigenvalue weighted by molar-refractivity contribution is 5.65. The molecule has 0 aliphatic carbocycles. The molecule has 19 heavy (non-hydrogen) atoms. The molecule has 0 saturated carbocycles. The Labute approximate surface area is 114 Å². The highest BCUT2D eigenvalue weighted by Crippen LogP contribution is 2.28. The van der Waals surface area contributed by atoms with Gasteiger partial charge in [0, 0.05) is 29.1 Å². The Hall–Kier alpha value is -1.83. The van der Waals surface area contributed by atoms with Crippen molar-refractivity contribution in [3.8, 4) is 11.3 Å². The first-order valence-electron chi connectivity index (χ1n) is 6.60. The van der Waals surface area contributed by atoms with Crippen LogP contribution < -0.4 is 5.43 Å². The minimum Gasteiger partial charge on any atom is -0.358 e. The van der Waals surface area contributed by atoms with Crippen LogP contribution in [0.5, 0.6) is 0 Å². The van der Waals surface area contributed by atoms with Gasteiger partial charge in [-0.2, -0.15) is 0 Å². The van der Waals surface area contributed by atoms with Crippen molar-refractivity contribution in [3.63, 3.8) is 0 Å². The van der Waals surface area contributed by atoms with Crippen molar-refractivity contribution in [2.45, 2.75) is 40.0 Å². The summed E-state index contributed by atoms with van der Waals surface area (Å²) in [7, 11) is 0. The van der Waals surface area contributed by atoms with Crippen molar-refractivity contribution >= 4 is 0 Å². The van der Waals surface area contributed by atoms with Gasteiger partial charge in [-0.3, -0.25) is 4.79 Å². The highest BCUT2D eigenvalue weighted by Gasteiger charge is 2.15. The molecule has 0 saturated heterocycles. The lowest BCUT2D eigenvalue weighted by atomic mass is 9.85. The van der Waals surface area contributed by atoms with Crippen molar-refractivity contribution in [1.29, 1.82) is 0 Å². The molecule has 0 atom stereocenters. The van der Waals surface area contributed by atoms with Crippen LogP contribution in [-0.2, 0) is 5.41 Å². The summed E-state index contributed by atoms with van der Waals surface area (Å²) in [5, 5.41) is 0. The normalized spacial score (nSPS) is 11.6. The first kappa shape index (κ1) is 13.6. The van der Waals surface area contributed by atoms with Gasteiger partial charge in [-0.1, -0.05) is 32.9 Å². The van der Waals surface area contributed by atoms with Gasteiger partial charge in [0.05, 0.1) is 0 Å². The topological polar surface area (TPSA) is 32.9 Å². The van der Waals surface area contributed by atoms with Crippen molar-refractivity contribution < 1.29 is 0 Å². The first-order chi connectivity index (χ1) is 8.77. The first-order valence-corrected chi connectivity index (χ1v) is 6.60. The van der Waals surface area contributed by atoms with Crippen LogP contribution in [0.15, 0.2) is 35.1 Å². The predicted molar refractivity (Wildman–Crippen MR) is 80.7 cm³/mol. The molecule has 1 aromatic carbocycles. The van der Waals surface area contributed by atoms with Crippen LogP contribution in [0.3, 0.4) is 0 Å². The van der Waals surface area contributed by atoms with E-state index in [1.54, 1.807) is 12.1 Å². The second kappa shape index (κ2) is 4.69. The number of hydrogen-bond donors (Lipinski definition) is 1. The molecule has 1 N–H and O–H groups in total. The summed E-state index contributed by atoms with van der Waals surface area (Å²) in [4.78, 5) is 14.9. The van der Waals surface area contributed by atoms with Gasteiger partial charge < -0.3 is 4.98 Å². The Balaban J connectivity index is 2.64. The van der Waals surface area contributed by atoms with Crippen molar-refractivity contribution in [3.05, 3.63) is 57.4 Å². The van der Waals surface area contributed by atoms with Crippen LogP contribution in [-0.4, -0.2) is 4.98 Å². The summed E-state index contributed by atoms with van der Waals surface area (Å²) in [5.74, 6) is 0. The maximum Gasteiger partial charge on any atom is 0.182 e. The van der Waals surface area contributed by atoms with E-state index in [0.717, 1.165) is 17.0 Å². The number of pyridine rings is 1. The van der Waals surface area contributed by atoms with Crippen molar-refractivity contribution in [2.75, 3.05) is 0 Å². The maximum absolute atomic E-state index is 11.7. The van der Waals surface area contributed by atoms with Crippen molar-refractivity contribution in [2.24, 2.45) is 0 Å². The lowest BCUT2D eigenvalue weighted by molar-refractivity contribution is 0.590. The predicted octanol–water partition coefficient (Wildman–Crippen LogP) is 3.96. The summed E-state index contributed by atoms with van der Waals surface area (Å²) in [6, 6.07) is 9.75. The smallest absolute Gasteiger partial charge is 0.182 e. The molecule has 2 heteroatoms. The number of hydrogen-bond acceptors (Lipinski definition) is 1. The standard InChI is InChI=1S/C17H21NO/c1-11-6-7-13(17(3,4)5)9-15(11)16-10-14(19)8-12(2)18-16/h6-10H,1-5H3,(H,18,19). The summed E-state index contributed by atoms with van der Waals surface area (Å²) in [6.07, 6.45) is 0. The number of aryl methyl sites for hydroxylation is 2. The zero-order chi connectivity index (χ0) is 14.2. The maximum atomic E-state index is 11.7. The zero-order valence-corrected chi connectivity index (χ0v) is 12.3. The van der Waals surface area contributed by atoms with E-state index in [9.17, 15) is 4.79 Å². The highest BCUT2D eigenvalue weighted by atomic mass is 16.1. The van der Waals surface area contributed by atoms with E-state index in [1.165, 1.54) is 11.1 Å². The fraction of sp³-hybridized carbons (Fsp3) is 0.353.